The van der Waals surface area contributed by atoms with Crippen molar-refractivity contribution in [3.05, 3.63) is 0 Å². The molecule has 7 nitrogen and oxygen atoms in total. The van der Waals surface area contributed by atoms with Gasteiger partial charge in [0.1, 0.15) is 0 Å². The van der Waals surface area contributed by atoms with Crippen LogP contribution >= 0.6 is 24.0 Å². The summed E-state index contributed by atoms with van der Waals surface area (Å²) in [6.45, 7) is 8.55. The van der Waals surface area contributed by atoms with Gasteiger partial charge < -0.3 is 20.3 Å². The highest BCUT2D eigenvalue weighted by atomic mass is 127. The molecule has 27 heavy (non-hydrogen) atoms. The number of hydrogen-bond donors (Lipinski definition) is 2. The van der Waals surface area contributed by atoms with E-state index >= 15 is 0 Å². The van der Waals surface area contributed by atoms with Crippen LogP contribution < -0.4 is 10.6 Å². The Morgan fingerprint density at radius 2 is 2.00 bits per heavy atom. The molecular formula is C19H36IN5O2. The van der Waals surface area contributed by atoms with E-state index in [9.17, 15) is 4.79 Å². The minimum Gasteiger partial charge on any atom is -0.381 e. The molecule has 3 saturated heterocycles. The standard InChI is InChI=1S/C19H35N5O2.HI/c1-3-20-18(22-16-6-7-17(25)23(2)14-16)21-15-19(8-12-26-13-9-19)24-10-4-5-11-24;/h16H,3-15H2,1-2H3,(H2,20,21,22);1H. The van der Waals surface area contributed by atoms with E-state index in [0.29, 0.717) is 6.42 Å². The van der Waals surface area contributed by atoms with E-state index < -0.39 is 0 Å². The van der Waals surface area contributed by atoms with Crippen LogP contribution in [0.25, 0.3) is 0 Å². The van der Waals surface area contributed by atoms with Crippen molar-refractivity contribution in [2.75, 3.05) is 53.0 Å². The number of guanidine groups is 1. The number of likely N-dealkylation sites (tertiary alicyclic amines) is 2. The fourth-order valence-corrected chi connectivity index (χ4v) is 4.39. The number of carbonyl (C=O) groups excluding carboxylic acids is 1. The molecule has 3 fully saturated rings. The first kappa shape index (κ1) is 22.7. The van der Waals surface area contributed by atoms with E-state index in [1.54, 1.807) is 0 Å². The number of amides is 1. The van der Waals surface area contributed by atoms with E-state index in [-0.39, 0.29) is 41.5 Å². The van der Waals surface area contributed by atoms with Crippen molar-refractivity contribution < 1.29 is 9.53 Å². The van der Waals surface area contributed by atoms with Gasteiger partial charge in [-0.1, -0.05) is 0 Å². The zero-order valence-electron chi connectivity index (χ0n) is 16.8. The number of likely N-dealkylation sites (N-methyl/N-ethyl adjacent to an activating group) is 1. The van der Waals surface area contributed by atoms with Crippen LogP contribution in [0.2, 0.25) is 0 Å². The summed E-state index contributed by atoms with van der Waals surface area (Å²) in [4.78, 5) is 21.2. The van der Waals surface area contributed by atoms with Gasteiger partial charge in [-0.3, -0.25) is 14.7 Å². The predicted octanol–water partition coefficient (Wildman–Crippen LogP) is 1.43. The SMILES string of the molecule is CCNC(=NCC1(N2CCCC2)CCOCC1)NC1CCC(=O)N(C)C1.I. The monoisotopic (exact) mass is 493 g/mol. The molecule has 0 aromatic rings. The molecular weight excluding hydrogens is 457 g/mol. The first-order valence-electron chi connectivity index (χ1n) is 10.2. The highest BCUT2D eigenvalue weighted by Gasteiger charge is 2.39. The molecule has 0 aromatic heterocycles. The largest absolute Gasteiger partial charge is 0.381 e. The van der Waals surface area contributed by atoms with Gasteiger partial charge >= 0.3 is 0 Å². The van der Waals surface area contributed by atoms with Crippen LogP contribution in [0.3, 0.4) is 0 Å². The quantitative estimate of drug-likeness (QED) is 0.345. The second-order valence-electron chi connectivity index (χ2n) is 7.88. The molecule has 3 rings (SSSR count). The van der Waals surface area contributed by atoms with Crippen molar-refractivity contribution in [3.8, 4) is 0 Å². The first-order valence-corrected chi connectivity index (χ1v) is 10.2. The number of ether oxygens (including phenoxy) is 1. The highest BCUT2D eigenvalue weighted by molar-refractivity contribution is 14.0. The molecule has 0 bridgehead atoms. The van der Waals surface area contributed by atoms with E-state index in [4.69, 9.17) is 9.73 Å². The Kier molecular flexibility index (Phi) is 9.07. The predicted molar refractivity (Wildman–Crippen MR) is 119 cm³/mol. The first-order chi connectivity index (χ1) is 12.6. The molecule has 0 saturated carbocycles. The summed E-state index contributed by atoms with van der Waals surface area (Å²) in [6.07, 6.45) is 6.22. The Bertz CT molecular complexity index is 504. The second-order valence-corrected chi connectivity index (χ2v) is 7.88. The van der Waals surface area contributed by atoms with Crippen LogP contribution in [0.1, 0.15) is 45.4 Å². The normalized spacial score (nSPS) is 26.6. The summed E-state index contributed by atoms with van der Waals surface area (Å²) in [6, 6.07) is 0.271. The highest BCUT2D eigenvalue weighted by Crippen LogP contribution is 2.31. The fraction of sp³-hybridized carbons (Fsp3) is 0.895. The molecule has 3 aliphatic rings. The Morgan fingerprint density at radius 1 is 1.30 bits per heavy atom. The van der Waals surface area contributed by atoms with Crippen molar-refractivity contribution >= 4 is 35.8 Å². The Hall–Kier alpha value is -0.610. The third kappa shape index (κ3) is 5.93. The number of rotatable bonds is 5. The molecule has 0 aliphatic carbocycles. The van der Waals surface area contributed by atoms with Gasteiger partial charge in [0.15, 0.2) is 5.96 Å². The smallest absolute Gasteiger partial charge is 0.222 e. The summed E-state index contributed by atoms with van der Waals surface area (Å²) in [5, 5.41) is 6.94. The van der Waals surface area contributed by atoms with Gasteiger partial charge in [-0.25, -0.2) is 0 Å². The number of halogens is 1. The summed E-state index contributed by atoms with van der Waals surface area (Å²) >= 11 is 0. The lowest BCUT2D eigenvalue weighted by Crippen LogP contribution is -2.55. The lowest BCUT2D eigenvalue weighted by Gasteiger charge is -2.43. The van der Waals surface area contributed by atoms with Crippen molar-refractivity contribution in [2.45, 2.75) is 57.0 Å². The Labute approximate surface area is 180 Å². The van der Waals surface area contributed by atoms with Crippen molar-refractivity contribution in [2.24, 2.45) is 4.99 Å². The van der Waals surface area contributed by atoms with Gasteiger partial charge in [-0.15, -0.1) is 24.0 Å². The number of carbonyl (C=O) groups is 1. The minimum absolute atomic E-state index is 0. The maximum absolute atomic E-state index is 11.7. The molecule has 1 unspecified atom stereocenters. The van der Waals surface area contributed by atoms with Crippen LogP contribution in [0, 0.1) is 0 Å². The zero-order valence-corrected chi connectivity index (χ0v) is 19.2. The average molecular weight is 493 g/mol. The average Bonchev–Trinajstić information content (AvgIpc) is 3.19. The van der Waals surface area contributed by atoms with Crippen LogP contribution in [0.5, 0.6) is 0 Å². The molecule has 3 aliphatic heterocycles. The van der Waals surface area contributed by atoms with Crippen LogP contribution in [0.4, 0.5) is 0 Å². The topological polar surface area (TPSA) is 69.2 Å². The lowest BCUT2D eigenvalue weighted by molar-refractivity contribution is -0.132. The van der Waals surface area contributed by atoms with Crippen molar-refractivity contribution in [1.82, 2.24) is 20.4 Å². The number of nitrogens with one attached hydrogen (secondary N) is 2. The summed E-state index contributed by atoms with van der Waals surface area (Å²) in [5.74, 6) is 1.12. The summed E-state index contributed by atoms with van der Waals surface area (Å²) in [5.41, 5.74) is 0.149. The second kappa shape index (κ2) is 10.8. The number of piperidine rings is 1. The zero-order chi connectivity index (χ0) is 18.4. The van der Waals surface area contributed by atoms with E-state index in [1.807, 2.05) is 11.9 Å². The van der Waals surface area contributed by atoms with Crippen LogP contribution in [0.15, 0.2) is 4.99 Å². The summed E-state index contributed by atoms with van der Waals surface area (Å²) < 4.78 is 5.64. The molecule has 156 valence electrons. The van der Waals surface area contributed by atoms with Crippen molar-refractivity contribution in [3.63, 3.8) is 0 Å². The maximum atomic E-state index is 11.7. The van der Waals surface area contributed by atoms with Gasteiger partial charge in [0.25, 0.3) is 0 Å². The molecule has 0 radical (unpaired) electrons. The minimum atomic E-state index is 0. The summed E-state index contributed by atoms with van der Waals surface area (Å²) in [7, 11) is 1.88. The number of hydrogen-bond acceptors (Lipinski definition) is 4. The Balaban J connectivity index is 0.00000261. The molecule has 2 N–H and O–H groups in total. The van der Waals surface area contributed by atoms with Gasteiger partial charge in [0.05, 0.1) is 6.54 Å². The van der Waals surface area contributed by atoms with E-state index in [2.05, 4.69) is 22.5 Å². The molecule has 0 spiro atoms. The molecule has 0 aromatic carbocycles. The molecule has 1 amide bonds. The van der Waals surface area contributed by atoms with Gasteiger partial charge in [0.2, 0.25) is 5.91 Å². The number of aliphatic imine (C=N–C) groups is 1. The Morgan fingerprint density at radius 3 is 2.63 bits per heavy atom. The fourth-order valence-electron chi connectivity index (χ4n) is 4.39. The van der Waals surface area contributed by atoms with E-state index in [1.165, 1.54) is 25.9 Å². The van der Waals surface area contributed by atoms with Crippen LogP contribution in [-0.2, 0) is 9.53 Å². The molecule has 3 heterocycles. The van der Waals surface area contributed by atoms with Gasteiger partial charge in [-0.05, 0) is 52.1 Å². The van der Waals surface area contributed by atoms with E-state index in [0.717, 1.165) is 58.1 Å². The molecule has 1 atom stereocenters. The third-order valence-corrected chi connectivity index (χ3v) is 6.04. The third-order valence-electron chi connectivity index (χ3n) is 6.04. The molecule has 8 heteroatoms. The lowest BCUT2D eigenvalue weighted by atomic mass is 9.88. The van der Waals surface area contributed by atoms with Crippen molar-refractivity contribution in [1.29, 1.82) is 0 Å². The van der Waals surface area contributed by atoms with Gasteiger partial charge in [0, 0.05) is 51.4 Å². The number of nitrogens with zero attached hydrogens (tertiary/aromatic N) is 3. The van der Waals surface area contributed by atoms with Gasteiger partial charge in [-0.2, -0.15) is 0 Å². The van der Waals surface area contributed by atoms with Crippen LogP contribution in [-0.4, -0.2) is 86.2 Å². The maximum Gasteiger partial charge on any atom is 0.222 e.